The summed E-state index contributed by atoms with van der Waals surface area (Å²) < 4.78 is 1.46. The fourth-order valence-electron chi connectivity index (χ4n) is 1.33. The van der Waals surface area contributed by atoms with E-state index in [0.29, 0.717) is 11.5 Å². The highest BCUT2D eigenvalue weighted by Gasteiger charge is 2.10. The molecule has 0 unspecified atom stereocenters. The molecule has 0 aliphatic heterocycles. The van der Waals surface area contributed by atoms with E-state index >= 15 is 0 Å². The van der Waals surface area contributed by atoms with Gasteiger partial charge >= 0.3 is 0 Å². The van der Waals surface area contributed by atoms with Gasteiger partial charge in [0.15, 0.2) is 0 Å². The van der Waals surface area contributed by atoms with Crippen LogP contribution in [0.4, 0.5) is 5.95 Å². The van der Waals surface area contributed by atoms with Gasteiger partial charge < -0.3 is 5.73 Å². The number of aryl methyl sites for hydroxylation is 1. The number of amides is 1. The first kappa shape index (κ1) is 12.7. The number of nitrogens with zero attached hydrogens (tertiary/aromatic N) is 4. The molecule has 0 spiro atoms. The van der Waals surface area contributed by atoms with E-state index in [1.165, 1.54) is 17.2 Å². The molecule has 2 heterocycles. The van der Waals surface area contributed by atoms with Crippen molar-refractivity contribution in [3.8, 4) is 11.8 Å². The first-order valence-corrected chi connectivity index (χ1v) is 5.51. The van der Waals surface area contributed by atoms with Crippen LogP contribution in [0.5, 0.6) is 0 Å². The summed E-state index contributed by atoms with van der Waals surface area (Å²) in [5, 5.41) is 6.45. The predicted octanol–water partition coefficient (Wildman–Crippen LogP) is -0.227. The van der Waals surface area contributed by atoms with Crippen molar-refractivity contribution in [3.63, 3.8) is 0 Å². The lowest BCUT2D eigenvalue weighted by atomic mass is 10.2. The number of aromatic nitrogens is 4. The Morgan fingerprint density at radius 1 is 1.47 bits per heavy atom. The number of carbonyl (C=O) groups is 1. The van der Waals surface area contributed by atoms with Crippen LogP contribution in [0.1, 0.15) is 16.1 Å². The van der Waals surface area contributed by atoms with Crippen LogP contribution < -0.4 is 11.1 Å². The maximum absolute atomic E-state index is 11.9. The van der Waals surface area contributed by atoms with Gasteiger partial charge in [-0.25, -0.2) is 9.67 Å². The van der Waals surface area contributed by atoms with Crippen LogP contribution in [-0.4, -0.2) is 32.2 Å². The molecule has 0 atom stereocenters. The van der Waals surface area contributed by atoms with E-state index in [2.05, 4.69) is 32.2 Å². The van der Waals surface area contributed by atoms with Crippen LogP contribution in [0, 0.1) is 11.8 Å². The minimum Gasteiger partial charge on any atom is -0.320 e. The molecule has 0 aromatic carbocycles. The lowest BCUT2D eigenvalue weighted by Crippen LogP contribution is -2.16. The zero-order valence-corrected chi connectivity index (χ0v) is 10.3. The van der Waals surface area contributed by atoms with Crippen LogP contribution >= 0.6 is 0 Å². The minimum absolute atomic E-state index is 0.279. The van der Waals surface area contributed by atoms with Crippen LogP contribution in [0.2, 0.25) is 0 Å². The first-order chi connectivity index (χ1) is 9.20. The van der Waals surface area contributed by atoms with Gasteiger partial charge in [-0.1, -0.05) is 11.8 Å². The van der Waals surface area contributed by atoms with E-state index in [4.69, 9.17) is 5.73 Å². The van der Waals surface area contributed by atoms with Gasteiger partial charge in [-0.3, -0.25) is 10.1 Å². The number of anilines is 1. The van der Waals surface area contributed by atoms with E-state index in [0.717, 1.165) is 0 Å². The molecule has 96 valence electrons. The molecule has 0 aliphatic rings. The molecular formula is C12H12N6O. The predicted molar refractivity (Wildman–Crippen MR) is 69.1 cm³/mol. The summed E-state index contributed by atoms with van der Waals surface area (Å²) >= 11 is 0. The molecule has 0 radical (unpaired) electrons. The third-order valence-electron chi connectivity index (χ3n) is 2.27. The van der Waals surface area contributed by atoms with Crippen molar-refractivity contribution in [1.82, 2.24) is 19.7 Å². The Morgan fingerprint density at radius 3 is 2.89 bits per heavy atom. The van der Waals surface area contributed by atoms with E-state index in [1.807, 2.05) is 0 Å². The summed E-state index contributed by atoms with van der Waals surface area (Å²) in [6.45, 7) is 0.286. The Morgan fingerprint density at radius 2 is 2.32 bits per heavy atom. The molecule has 0 bridgehead atoms. The molecule has 0 aliphatic carbocycles. The average molecular weight is 256 g/mol. The number of rotatable bonds is 2. The van der Waals surface area contributed by atoms with Crippen molar-refractivity contribution in [1.29, 1.82) is 0 Å². The molecule has 19 heavy (non-hydrogen) atoms. The summed E-state index contributed by atoms with van der Waals surface area (Å²) in [7, 11) is 1.68. The van der Waals surface area contributed by atoms with Crippen molar-refractivity contribution in [3.05, 3.63) is 35.9 Å². The molecule has 0 fully saturated rings. The molecule has 2 aromatic heterocycles. The highest BCUT2D eigenvalue weighted by Crippen LogP contribution is 2.03. The number of pyridine rings is 1. The third-order valence-corrected chi connectivity index (χ3v) is 2.27. The molecule has 1 amide bonds. The Bertz CT molecular complexity index is 634. The third kappa shape index (κ3) is 3.14. The van der Waals surface area contributed by atoms with Crippen molar-refractivity contribution in [2.45, 2.75) is 0 Å². The molecule has 0 saturated heterocycles. The van der Waals surface area contributed by atoms with Gasteiger partial charge in [0.2, 0.25) is 5.95 Å². The minimum atomic E-state index is -0.352. The molecule has 2 rings (SSSR count). The zero-order chi connectivity index (χ0) is 13.7. The smallest absolute Gasteiger partial charge is 0.276 e. The molecule has 7 nitrogen and oxygen atoms in total. The monoisotopic (exact) mass is 256 g/mol. The van der Waals surface area contributed by atoms with Crippen LogP contribution in [0.15, 0.2) is 24.7 Å². The summed E-state index contributed by atoms with van der Waals surface area (Å²) in [6, 6.07) is 3.30. The molecule has 2 aromatic rings. The summed E-state index contributed by atoms with van der Waals surface area (Å²) in [5.74, 6) is 5.55. The summed E-state index contributed by atoms with van der Waals surface area (Å²) in [6.07, 6.45) is 2.88. The zero-order valence-electron chi connectivity index (χ0n) is 10.3. The normalized spacial score (nSPS) is 9.58. The van der Waals surface area contributed by atoms with Gasteiger partial charge in [0, 0.05) is 18.8 Å². The molecular weight excluding hydrogens is 244 g/mol. The van der Waals surface area contributed by atoms with Gasteiger partial charge in [-0.05, 0) is 12.1 Å². The highest BCUT2D eigenvalue weighted by atomic mass is 16.2. The second-order valence-corrected chi connectivity index (χ2v) is 3.60. The number of hydrogen-bond donors (Lipinski definition) is 2. The van der Waals surface area contributed by atoms with E-state index < -0.39 is 0 Å². The fourth-order valence-corrected chi connectivity index (χ4v) is 1.33. The Balaban J connectivity index is 2.10. The number of nitrogens with one attached hydrogen (secondary N) is 1. The van der Waals surface area contributed by atoms with Crippen molar-refractivity contribution >= 4 is 11.9 Å². The standard InChI is InChI=1S/C12H12N6O/c1-18-12(15-8-16-18)17-11(19)10-5-4-9(7-14-10)3-2-6-13/h4-5,7-8H,6,13H2,1H3,(H,15,16,17,19). The van der Waals surface area contributed by atoms with Crippen LogP contribution in [0.25, 0.3) is 0 Å². The number of nitrogens with two attached hydrogens (primary N) is 1. The van der Waals surface area contributed by atoms with Crippen molar-refractivity contribution in [2.24, 2.45) is 12.8 Å². The number of hydrogen-bond acceptors (Lipinski definition) is 5. The molecule has 0 saturated carbocycles. The van der Waals surface area contributed by atoms with E-state index in [1.54, 1.807) is 19.2 Å². The quantitative estimate of drug-likeness (QED) is 0.723. The lowest BCUT2D eigenvalue weighted by Gasteiger charge is -2.02. The average Bonchev–Trinajstić information content (AvgIpc) is 2.82. The van der Waals surface area contributed by atoms with Gasteiger partial charge in [0.05, 0.1) is 6.54 Å². The molecule has 3 N–H and O–H groups in total. The largest absolute Gasteiger partial charge is 0.320 e. The SMILES string of the molecule is Cn1ncnc1NC(=O)c1ccc(C#CCN)cn1. The second-order valence-electron chi connectivity index (χ2n) is 3.60. The van der Waals surface area contributed by atoms with Gasteiger partial charge in [-0.2, -0.15) is 10.1 Å². The van der Waals surface area contributed by atoms with Gasteiger partial charge in [-0.15, -0.1) is 0 Å². The molecule has 7 heteroatoms. The summed E-state index contributed by atoms with van der Waals surface area (Å²) in [4.78, 5) is 19.8. The Hall–Kier alpha value is -2.72. The van der Waals surface area contributed by atoms with Crippen molar-refractivity contribution < 1.29 is 4.79 Å². The van der Waals surface area contributed by atoms with Crippen LogP contribution in [0.3, 0.4) is 0 Å². The van der Waals surface area contributed by atoms with Gasteiger partial charge in [0.25, 0.3) is 5.91 Å². The maximum atomic E-state index is 11.9. The lowest BCUT2D eigenvalue weighted by molar-refractivity contribution is 0.102. The topological polar surface area (TPSA) is 98.7 Å². The fraction of sp³-hybridized carbons (Fsp3) is 0.167. The van der Waals surface area contributed by atoms with E-state index in [-0.39, 0.29) is 18.1 Å². The van der Waals surface area contributed by atoms with Crippen LogP contribution in [-0.2, 0) is 7.05 Å². The summed E-state index contributed by atoms with van der Waals surface area (Å²) in [5.41, 5.74) is 6.26. The van der Waals surface area contributed by atoms with E-state index in [9.17, 15) is 4.79 Å². The van der Waals surface area contributed by atoms with Gasteiger partial charge in [0.1, 0.15) is 12.0 Å². The second kappa shape index (κ2) is 5.75. The first-order valence-electron chi connectivity index (χ1n) is 5.51. The Labute approximate surface area is 109 Å². The highest BCUT2D eigenvalue weighted by molar-refractivity contribution is 6.01. The Kier molecular flexibility index (Phi) is 3.85. The van der Waals surface area contributed by atoms with Crippen molar-refractivity contribution in [2.75, 3.05) is 11.9 Å². The number of carbonyl (C=O) groups excluding carboxylic acids is 1. The maximum Gasteiger partial charge on any atom is 0.276 e.